The standard InChI is InChI=1S/C44H35N13O11S3/c45-24-3-12-35(33(47)17-24)54-51-28-5-1-22-15-39(70(63,64)65)41(43(58)31(22)19-28)56-50-27-9-7-26(8-10-27)49-37-14-11-30(21-38(37)69(60,61)62)53-57-42-40(71(66,67)68)16-23-2-6-29(20-32(23)44(42)59)52-55-36-13-4-25(46)18-34(36)48/h1-21,49-50,53H,45-48H2,(H,60,61,62)(H,63,64,65)(H,66,67,68)/b54-51?,55-52?,56-41-,57-42+. The largest absolute Gasteiger partial charge is 0.399 e. The molecule has 0 aromatic heterocycles. The zero-order valence-corrected chi connectivity index (χ0v) is 38.4. The Kier molecular flexibility index (Phi) is 12.9. The zero-order chi connectivity index (χ0) is 51.0. The molecule has 27 heteroatoms. The number of fused-ring (bicyclic) bond motifs is 2. The van der Waals surface area contributed by atoms with Crippen molar-refractivity contribution in [1.82, 2.24) is 0 Å². The Balaban J connectivity index is 0.998. The minimum atomic E-state index is -5.06. The average molecular weight is 1020 g/mol. The van der Waals surface area contributed by atoms with Crippen LogP contribution in [0, 0.1) is 0 Å². The second-order valence-electron chi connectivity index (χ2n) is 15.2. The molecule has 360 valence electrons. The van der Waals surface area contributed by atoms with E-state index in [1.165, 1.54) is 91.0 Å². The van der Waals surface area contributed by atoms with Gasteiger partial charge in [-0.15, -0.1) is 10.2 Å². The summed E-state index contributed by atoms with van der Waals surface area (Å²) in [6.07, 6.45) is 2.07. The Morgan fingerprint density at radius 3 is 1.32 bits per heavy atom. The molecule has 14 N–H and O–H groups in total. The van der Waals surface area contributed by atoms with Gasteiger partial charge in [-0.05, 0) is 126 Å². The Morgan fingerprint density at radius 1 is 0.451 bits per heavy atom. The molecule has 0 fully saturated rings. The summed E-state index contributed by atoms with van der Waals surface area (Å²) in [5, 5.41) is 27.1. The van der Waals surface area contributed by atoms with Crippen LogP contribution in [0.5, 0.6) is 0 Å². The molecular weight excluding hydrogens is 983 g/mol. The molecule has 6 aromatic carbocycles. The van der Waals surface area contributed by atoms with E-state index in [0.717, 1.165) is 18.2 Å². The van der Waals surface area contributed by atoms with Gasteiger partial charge in [0.2, 0.25) is 11.6 Å². The minimum absolute atomic E-state index is 0.00742. The summed E-state index contributed by atoms with van der Waals surface area (Å²) < 4.78 is 105. The van der Waals surface area contributed by atoms with Gasteiger partial charge >= 0.3 is 0 Å². The number of anilines is 8. The van der Waals surface area contributed by atoms with Crippen LogP contribution in [0.1, 0.15) is 31.8 Å². The molecule has 0 radical (unpaired) electrons. The average Bonchev–Trinajstić information content (AvgIpc) is 3.30. The van der Waals surface area contributed by atoms with E-state index in [0.29, 0.717) is 17.1 Å². The lowest BCUT2D eigenvalue weighted by atomic mass is 9.94. The normalized spacial score (nSPS) is 15.1. The maximum absolute atomic E-state index is 13.7. The van der Waals surface area contributed by atoms with E-state index >= 15 is 0 Å². The van der Waals surface area contributed by atoms with Gasteiger partial charge in [-0.1, -0.05) is 12.1 Å². The summed E-state index contributed by atoms with van der Waals surface area (Å²) in [7, 11) is -15.0. The van der Waals surface area contributed by atoms with Gasteiger partial charge < -0.3 is 28.3 Å². The molecule has 0 saturated heterocycles. The molecule has 6 aromatic rings. The molecule has 8 rings (SSSR count). The molecule has 2 aliphatic rings. The lowest BCUT2D eigenvalue weighted by Gasteiger charge is -2.17. The summed E-state index contributed by atoms with van der Waals surface area (Å²) in [6.45, 7) is 0. The minimum Gasteiger partial charge on any atom is -0.399 e. The van der Waals surface area contributed by atoms with E-state index in [-0.39, 0.29) is 73.4 Å². The number of Topliss-reactive ketones (excluding diaryl/α,β-unsaturated/α-hetero) is 2. The van der Waals surface area contributed by atoms with Crippen LogP contribution in [0.4, 0.5) is 68.2 Å². The summed E-state index contributed by atoms with van der Waals surface area (Å²) in [5.41, 5.74) is 29.4. The van der Waals surface area contributed by atoms with Crippen LogP contribution in [0.3, 0.4) is 0 Å². The highest BCUT2D eigenvalue weighted by molar-refractivity contribution is 7.91. The van der Waals surface area contributed by atoms with E-state index in [9.17, 15) is 48.5 Å². The molecule has 0 spiro atoms. The Bertz CT molecular complexity index is 3800. The first-order chi connectivity index (χ1) is 33.5. The maximum atomic E-state index is 13.7. The van der Waals surface area contributed by atoms with Gasteiger partial charge in [-0.25, -0.2) is 0 Å². The zero-order valence-electron chi connectivity index (χ0n) is 35.9. The fourth-order valence-corrected chi connectivity index (χ4v) is 8.84. The molecule has 2 aliphatic carbocycles. The van der Waals surface area contributed by atoms with E-state index in [2.05, 4.69) is 46.8 Å². The Hall–Kier alpha value is -8.99. The van der Waals surface area contributed by atoms with Crippen molar-refractivity contribution in [2.75, 3.05) is 39.1 Å². The number of hydrazone groups is 2. The fraction of sp³-hybridized carbons (Fsp3) is 0. The number of nitrogens with two attached hydrogens (primary N) is 4. The lowest BCUT2D eigenvalue weighted by Crippen LogP contribution is -2.27. The molecule has 71 heavy (non-hydrogen) atoms. The number of nitrogens with zero attached hydrogens (tertiary/aromatic N) is 6. The summed E-state index contributed by atoms with van der Waals surface area (Å²) in [5.74, 6) is -1.85. The molecule has 0 amide bonds. The number of rotatable bonds is 13. The lowest BCUT2D eigenvalue weighted by molar-refractivity contribution is 0.105. The van der Waals surface area contributed by atoms with E-state index in [1.54, 1.807) is 18.2 Å². The Labute approximate surface area is 402 Å². The first kappa shape index (κ1) is 48.5. The number of nitrogen functional groups attached to an aromatic ring is 4. The van der Waals surface area contributed by atoms with Crippen molar-refractivity contribution in [3.05, 3.63) is 147 Å². The number of benzene rings is 6. The van der Waals surface area contributed by atoms with Crippen LogP contribution >= 0.6 is 0 Å². The van der Waals surface area contributed by atoms with Gasteiger partial charge in [-0.2, -0.15) is 45.7 Å². The summed E-state index contributed by atoms with van der Waals surface area (Å²) in [4.78, 5) is 25.1. The number of hydrogen-bond acceptors (Lipinski definition) is 21. The summed E-state index contributed by atoms with van der Waals surface area (Å²) in [6, 6.07) is 26.6. The van der Waals surface area contributed by atoms with E-state index in [1.807, 2.05) is 0 Å². The van der Waals surface area contributed by atoms with Crippen LogP contribution in [-0.2, 0) is 30.4 Å². The van der Waals surface area contributed by atoms with Crippen molar-refractivity contribution in [2.24, 2.45) is 30.7 Å². The second kappa shape index (κ2) is 18.8. The highest BCUT2D eigenvalue weighted by Crippen LogP contribution is 2.35. The number of carbonyl (C=O) groups excluding carboxylic acids is 2. The predicted molar refractivity (Wildman–Crippen MR) is 268 cm³/mol. The third-order valence-corrected chi connectivity index (χ3v) is 12.9. The van der Waals surface area contributed by atoms with E-state index in [4.69, 9.17) is 22.9 Å². The number of hydrogen-bond donors (Lipinski definition) is 10. The molecule has 0 unspecified atom stereocenters. The molecule has 0 aliphatic heterocycles. The van der Waals surface area contributed by atoms with Gasteiger partial charge in [0.25, 0.3) is 30.4 Å². The van der Waals surface area contributed by atoms with E-state index < -0.39 is 68.0 Å². The van der Waals surface area contributed by atoms with Crippen molar-refractivity contribution in [3.63, 3.8) is 0 Å². The Morgan fingerprint density at radius 2 is 0.887 bits per heavy atom. The first-order valence-electron chi connectivity index (χ1n) is 20.1. The van der Waals surface area contributed by atoms with Gasteiger partial charge in [0.1, 0.15) is 26.1 Å². The van der Waals surface area contributed by atoms with Crippen LogP contribution in [0.15, 0.2) is 161 Å². The van der Waals surface area contributed by atoms with Gasteiger partial charge in [0.05, 0.1) is 39.8 Å². The number of carbonyl (C=O) groups is 2. The van der Waals surface area contributed by atoms with Crippen molar-refractivity contribution < 1.29 is 48.5 Å². The van der Waals surface area contributed by atoms with Crippen molar-refractivity contribution >= 4 is 134 Å². The highest BCUT2D eigenvalue weighted by atomic mass is 32.2. The van der Waals surface area contributed by atoms with Crippen LogP contribution in [0.2, 0.25) is 0 Å². The first-order valence-corrected chi connectivity index (χ1v) is 24.4. The highest BCUT2D eigenvalue weighted by Gasteiger charge is 2.34. The molecule has 24 nitrogen and oxygen atoms in total. The van der Waals surface area contributed by atoms with Crippen LogP contribution in [-0.4, -0.2) is 61.9 Å². The number of azo groups is 2. The quantitative estimate of drug-likeness (QED) is 0.0230. The van der Waals surface area contributed by atoms with Gasteiger partial charge in [0.15, 0.2) is 11.4 Å². The van der Waals surface area contributed by atoms with Crippen molar-refractivity contribution in [3.8, 4) is 0 Å². The molecule has 0 saturated carbocycles. The SMILES string of the molecule is Nc1ccc(N=Nc2ccc3c(c2)C(=O)/C(=N/Nc2ccc(Nc4ccc(N/N=C5\C(=O)c6cc(N=Nc7ccc(N)cc7N)ccc6C=C5S(=O)(=O)O)cc4)c(S(=O)(=O)O)c2)C(S(=O)(=O)O)=C3)c(N)c1. The van der Waals surface area contributed by atoms with Gasteiger partial charge in [0, 0.05) is 28.2 Å². The molecule has 0 heterocycles. The molecular formula is C44H35N13O11S3. The second-order valence-corrected chi connectivity index (χ2v) is 19.4. The number of ketones is 2. The third kappa shape index (κ3) is 10.8. The number of allylic oxidation sites excluding steroid dienone is 2. The van der Waals surface area contributed by atoms with Gasteiger partial charge in [-0.3, -0.25) is 34.1 Å². The molecule has 0 bridgehead atoms. The van der Waals surface area contributed by atoms with Crippen LogP contribution in [0.25, 0.3) is 12.2 Å². The van der Waals surface area contributed by atoms with Crippen molar-refractivity contribution in [1.29, 1.82) is 0 Å². The third-order valence-electron chi connectivity index (χ3n) is 10.3. The number of nitrogens with one attached hydrogen (secondary N) is 3. The smallest absolute Gasteiger partial charge is 0.296 e. The predicted octanol–water partition coefficient (Wildman–Crippen LogP) is 7.62. The maximum Gasteiger partial charge on any atom is 0.296 e. The fourth-order valence-electron chi connectivity index (χ4n) is 6.85. The molecule has 0 atom stereocenters. The monoisotopic (exact) mass is 1020 g/mol. The topological polar surface area (TPSA) is 412 Å². The van der Waals surface area contributed by atoms with Crippen molar-refractivity contribution in [2.45, 2.75) is 4.90 Å². The van der Waals surface area contributed by atoms with Crippen LogP contribution < -0.4 is 39.1 Å². The summed E-state index contributed by atoms with van der Waals surface area (Å²) >= 11 is 0.